The Morgan fingerprint density at radius 3 is 2.83 bits per heavy atom. The molecule has 0 aliphatic heterocycles. The van der Waals surface area contributed by atoms with Crippen molar-refractivity contribution >= 4 is 27.5 Å². The number of rotatable bonds is 4. The van der Waals surface area contributed by atoms with Gasteiger partial charge in [-0.05, 0) is 34.5 Å². The highest BCUT2D eigenvalue weighted by atomic mass is 79.9. The largest absolute Gasteiger partial charge is 0.386 e. The van der Waals surface area contributed by atoms with Gasteiger partial charge in [0.25, 0.3) is 0 Å². The van der Waals surface area contributed by atoms with Gasteiger partial charge < -0.3 is 5.11 Å². The zero-order chi connectivity index (χ0) is 13.1. The van der Waals surface area contributed by atoms with E-state index >= 15 is 0 Å². The van der Waals surface area contributed by atoms with Gasteiger partial charge in [-0.2, -0.15) is 5.10 Å². The van der Waals surface area contributed by atoms with Gasteiger partial charge in [0.1, 0.15) is 6.10 Å². The summed E-state index contributed by atoms with van der Waals surface area (Å²) in [7, 11) is 0. The van der Waals surface area contributed by atoms with Crippen molar-refractivity contribution < 1.29 is 5.11 Å². The van der Waals surface area contributed by atoms with Gasteiger partial charge in [0, 0.05) is 18.0 Å². The quantitative estimate of drug-likeness (QED) is 0.931. The lowest BCUT2D eigenvalue weighted by molar-refractivity contribution is 0.166. The van der Waals surface area contributed by atoms with Crippen LogP contribution >= 0.6 is 27.5 Å². The van der Waals surface area contributed by atoms with E-state index in [0.717, 1.165) is 22.3 Å². The molecule has 1 N–H and O–H groups in total. The number of aromatic nitrogens is 2. The first-order chi connectivity index (χ1) is 8.63. The topological polar surface area (TPSA) is 38.0 Å². The molecule has 0 fully saturated rings. The standard InChI is InChI=1S/C13H14BrClN2O/c1-2-17-13(10(14)8-16-17)12(18)7-9-5-3-4-6-11(9)15/h3-6,8,12,18H,2,7H2,1H3. The van der Waals surface area contributed by atoms with Crippen LogP contribution in [0.15, 0.2) is 34.9 Å². The van der Waals surface area contributed by atoms with Crippen molar-refractivity contribution in [2.24, 2.45) is 0 Å². The van der Waals surface area contributed by atoms with E-state index in [1.165, 1.54) is 0 Å². The molecule has 1 aromatic carbocycles. The van der Waals surface area contributed by atoms with Gasteiger partial charge >= 0.3 is 0 Å². The first kappa shape index (κ1) is 13.6. The van der Waals surface area contributed by atoms with Gasteiger partial charge in [0.05, 0.1) is 16.4 Å². The van der Waals surface area contributed by atoms with Crippen LogP contribution in [-0.4, -0.2) is 14.9 Å². The second kappa shape index (κ2) is 5.87. The molecule has 2 rings (SSSR count). The Hall–Kier alpha value is -0.840. The van der Waals surface area contributed by atoms with Gasteiger partial charge in [0.2, 0.25) is 0 Å². The molecule has 0 radical (unpaired) electrons. The van der Waals surface area contributed by atoms with Gasteiger partial charge in [-0.15, -0.1) is 0 Å². The molecule has 1 aromatic heterocycles. The Labute approximate surface area is 120 Å². The Kier molecular flexibility index (Phi) is 4.43. The summed E-state index contributed by atoms with van der Waals surface area (Å²) in [6, 6.07) is 7.55. The van der Waals surface area contributed by atoms with E-state index in [-0.39, 0.29) is 0 Å². The lowest BCUT2D eigenvalue weighted by Gasteiger charge is -2.14. The molecular formula is C13H14BrClN2O. The highest BCUT2D eigenvalue weighted by Crippen LogP contribution is 2.28. The maximum Gasteiger partial charge on any atom is 0.101 e. The molecular weight excluding hydrogens is 316 g/mol. The minimum absolute atomic E-state index is 0.476. The Morgan fingerprint density at radius 2 is 2.17 bits per heavy atom. The number of aryl methyl sites for hydroxylation is 1. The smallest absolute Gasteiger partial charge is 0.101 e. The van der Waals surface area contributed by atoms with Crippen LogP contribution in [-0.2, 0) is 13.0 Å². The minimum Gasteiger partial charge on any atom is -0.386 e. The molecule has 0 amide bonds. The van der Waals surface area contributed by atoms with E-state index < -0.39 is 6.10 Å². The monoisotopic (exact) mass is 328 g/mol. The molecule has 1 atom stereocenters. The van der Waals surface area contributed by atoms with Crippen molar-refractivity contribution in [2.45, 2.75) is 26.0 Å². The predicted molar refractivity (Wildman–Crippen MR) is 75.7 cm³/mol. The fourth-order valence-corrected chi connectivity index (χ4v) is 2.70. The molecule has 0 bridgehead atoms. The Bertz CT molecular complexity index is 542. The van der Waals surface area contributed by atoms with Crippen molar-refractivity contribution in [3.05, 3.63) is 51.2 Å². The lowest BCUT2D eigenvalue weighted by atomic mass is 10.1. The van der Waals surface area contributed by atoms with E-state index in [2.05, 4.69) is 21.0 Å². The average molecular weight is 330 g/mol. The minimum atomic E-state index is -0.623. The summed E-state index contributed by atoms with van der Waals surface area (Å²) < 4.78 is 2.61. The molecule has 0 aliphatic rings. The molecule has 0 spiro atoms. The van der Waals surface area contributed by atoms with Crippen molar-refractivity contribution in [3.8, 4) is 0 Å². The van der Waals surface area contributed by atoms with Crippen LogP contribution in [0.3, 0.4) is 0 Å². The summed E-state index contributed by atoms with van der Waals surface area (Å²) in [6.07, 6.45) is 1.56. The molecule has 1 heterocycles. The highest BCUT2D eigenvalue weighted by Gasteiger charge is 2.18. The van der Waals surface area contributed by atoms with Gasteiger partial charge in [-0.1, -0.05) is 29.8 Å². The first-order valence-electron chi connectivity index (χ1n) is 5.76. The molecule has 0 saturated carbocycles. The van der Waals surface area contributed by atoms with E-state index in [4.69, 9.17) is 11.6 Å². The van der Waals surface area contributed by atoms with Crippen LogP contribution in [0.2, 0.25) is 5.02 Å². The third kappa shape index (κ3) is 2.76. The molecule has 0 saturated heterocycles. The third-order valence-corrected chi connectivity index (χ3v) is 3.80. The van der Waals surface area contributed by atoms with Crippen LogP contribution in [0.5, 0.6) is 0 Å². The molecule has 0 aliphatic carbocycles. The van der Waals surface area contributed by atoms with Crippen LogP contribution < -0.4 is 0 Å². The van der Waals surface area contributed by atoms with E-state index in [9.17, 15) is 5.11 Å². The fraction of sp³-hybridized carbons (Fsp3) is 0.308. The Morgan fingerprint density at radius 1 is 1.44 bits per heavy atom. The average Bonchev–Trinajstić information content (AvgIpc) is 2.73. The fourth-order valence-electron chi connectivity index (χ4n) is 1.92. The number of hydrogen-bond donors (Lipinski definition) is 1. The maximum atomic E-state index is 10.3. The summed E-state index contributed by atoms with van der Waals surface area (Å²) in [6.45, 7) is 2.71. The van der Waals surface area contributed by atoms with Crippen LogP contribution in [0.4, 0.5) is 0 Å². The van der Waals surface area contributed by atoms with E-state index in [1.807, 2.05) is 31.2 Å². The number of aliphatic hydroxyl groups is 1. The normalized spacial score (nSPS) is 12.7. The van der Waals surface area contributed by atoms with E-state index in [1.54, 1.807) is 10.9 Å². The SMILES string of the molecule is CCn1ncc(Br)c1C(O)Cc1ccccc1Cl. The van der Waals surface area contributed by atoms with E-state index in [0.29, 0.717) is 11.4 Å². The summed E-state index contributed by atoms with van der Waals surface area (Å²) in [4.78, 5) is 0. The van der Waals surface area contributed by atoms with Crippen molar-refractivity contribution in [3.63, 3.8) is 0 Å². The zero-order valence-corrected chi connectivity index (χ0v) is 12.3. The number of hydrogen-bond acceptors (Lipinski definition) is 2. The number of nitrogens with zero attached hydrogens (tertiary/aromatic N) is 2. The number of aliphatic hydroxyl groups excluding tert-OH is 1. The predicted octanol–water partition coefficient (Wildman–Crippen LogP) is 3.60. The van der Waals surface area contributed by atoms with Crippen molar-refractivity contribution in [1.82, 2.24) is 9.78 Å². The first-order valence-corrected chi connectivity index (χ1v) is 6.93. The Balaban J connectivity index is 2.24. The van der Waals surface area contributed by atoms with Crippen LogP contribution in [0.1, 0.15) is 24.3 Å². The van der Waals surface area contributed by atoms with Crippen LogP contribution in [0.25, 0.3) is 0 Å². The van der Waals surface area contributed by atoms with Gasteiger partial charge in [-0.3, -0.25) is 4.68 Å². The summed E-state index contributed by atoms with van der Waals surface area (Å²) in [5.41, 5.74) is 1.72. The maximum absolute atomic E-state index is 10.3. The third-order valence-electron chi connectivity index (χ3n) is 2.82. The van der Waals surface area contributed by atoms with Gasteiger partial charge in [0.15, 0.2) is 0 Å². The molecule has 3 nitrogen and oxygen atoms in total. The molecule has 2 aromatic rings. The van der Waals surface area contributed by atoms with Crippen molar-refractivity contribution in [2.75, 3.05) is 0 Å². The highest BCUT2D eigenvalue weighted by molar-refractivity contribution is 9.10. The number of halogens is 2. The molecule has 1 unspecified atom stereocenters. The van der Waals surface area contributed by atoms with Crippen molar-refractivity contribution in [1.29, 1.82) is 0 Å². The summed E-state index contributed by atoms with van der Waals surface area (Å²) in [5, 5.41) is 15.2. The second-order valence-corrected chi connectivity index (χ2v) is 5.27. The molecule has 18 heavy (non-hydrogen) atoms. The zero-order valence-electron chi connectivity index (χ0n) is 9.98. The summed E-state index contributed by atoms with van der Waals surface area (Å²) >= 11 is 9.51. The molecule has 96 valence electrons. The summed E-state index contributed by atoms with van der Waals surface area (Å²) in [5.74, 6) is 0. The van der Waals surface area contributed by atoms with Gasteiger partial charge in [-0.25, -0.2) is 0 Å². The second-order valence-electron chi connectivity index (χ2n) is 4.00. The molecule has 5 heteroatoms. The number of benzene rings is 1. The lowest BCUT2D eigenvalue weighted by Crippen LogP contribution is -2.11. The van der Waals surface area contributed by atoms with Crippen LogP contribution in [0, 0.1) is 0 Å².